The molecule has 18 fully saturated rings. The van der Waals surface area contributed by atoms with Crippen LogP contribution in [-0.2, 0) is 57.1 Å². The second-order valence-corrected chi connectivity index (χ2v) is 37.0. The van der Waals surface area contributed by atoms with Crippen molar-refractivity contribution in [2.24, 2.45) is 118 Å². The van der Waals surface area contributed by atoms with Crippen molar-refractivity contribution in [1.82, 2.24) is 0 Å². The van der Waals surface area contributed by atoms with Crippen molar-refractivity contribution in [1.29, 1.82) is 0 Å². The van der Waals surface area contributed by atoms with Crippen LogP contribution in [0.25, 0.3) is 0 Å². The molecule has 0 N–H and O–H groups in total. The molecule has 0 aromatic carbocycles. The number of allylic oxidation sites excluding steroid dienone is 8. The number of carbonyl (C=O) groups is 4. The highest BCUT2D eigenvalue weighted by molar-refractivity contribution is 5.76. The third-order valence-electron chi connectivity index (χ3n) is 32.6. The Bertz CT molecular complexity index is 3080. The van der Waals surface area contributed by atoms with Crippen LogP contribution in [0.1, 0.15) is 257 Å². The first-order valence-corrected chi connectivity index (χ1v) is 41.1. The van der Waals surface area contributed by atoms with Crippen molar-refractivity contribution in [2.45, 2.75) is 328 Å². The Hall–Kier alpha value is -3.32. The number of hydrogen-bond acceptors (Lipinski definition) is 12. The lowest BCUT2D eigenvalue weighted by Crippen LogP contribution is -2.51. The molecular weight excluding hydrogens is 1200 g/mol. The third-order valence-corrected chi connectivity index (χ3v) is 32.6. The Morgan fingerprint density at radius 1 is 0.354 bits per heavy atom. The van der Waals surface area contributed by atoms with Crippen molar-refractivity contribution in [2.75, 3.05) is 0 Å². The largest absolute Gasteiger partial charge is 0.458 e. The molecule has 10 saturated carbocycles. The SMILES string of the molecule is CCC12CCC(CC1C1(OC(=O)C3CC4C=CC3C4)CCCC1)O2.O=C(OC1(C2CC3CCC2O3)CCCC1)C1CC2C=CC1C2.O=C(OC1(C2CC3CCC2O3)CCCC1)C1CC2CC1C1C3C=CC(C3)C21.O=C(OC1(C2CC3CCC2O3)CCCCC1)C1CC2C=CC1C2. The summed E-state index contributed by atoms with van der Waals surface area (Å²) >= 11 is 0. The lowest BCUT2D eigenvalue weighted by atomic mass is 9.67. The van der Waals surface area contributed by atoms with Gasteiger partial charge in [0.05, 0.1) is 72.0 Å². The molecule has 18 bridgehead atoms. The zero-order valence-corrected chi connectivity index (χ0v) is 58.2. The van der Waals surface area contributed by atoms with Crippen LogP contribution in [-0.4, -0.2) is 94.6 Å². The fourth-order valence-electron chi connectivity index (χ4n) is 28.3. The number of carbonyl (C=O) groups excluding carboxylic acids is 4. The maximum atomic E-state index is 13.5. The molecule has 8 aliphatic heterocycles. The Morgan fingerprint density at radius 2 is 0.750 bits per heavy atom. The molecule has 8 saturated heterocycles. The second kappa shape index (κ2) is 24.7. The van der Waals surface area contributed by atoms with Gasteiger partial charge in [-0.15, -0.1) is 0 Å². The van der Waals surface area contributed by atoms with E-state index in [1.54, 1.807) is 0 Å². The Labute approximate surface area is 573 Å². The molecule has 524 valence electrons. The van der Waals surface area contributed by atoms with Gasteiger partial charge in [-0.25, -0.2) is 0 Å². The molecule has 28 unspecified atom stereocenters. The first kappa shape index (κ1) is 63.6. The van der Waals surface area contributed by atoms with E-state index in [4.69, 9.17) is 37.9 Å². The van der Waals surface area contributed by atoms with E-state index < -0.39 is 0 Å². The normalized spacial score (nSPS) is 49.5. The molecule has 14 aliphatic carbocycles. The predicted molar refractivity (Wildman–Crippen MR) is 361 cm³/mol. The molecule has 12 heteroatoms. The van der Waals surface area contributed by atoms with Gasteiger partial charge < -0.3 is 37.9 Å². The number of hydrogen-bond donors (Lipinski definition) is 0. The highest BCUT2D eigenvalue weighted by Crippen LogP contribution is 2.68. The summed E-state index contributed by atoms with van der Waals surface area (Å²) in [7, 11) is 0. The fraction of sp³-hybridized carbons (Fsp3) is 0.857. The van der Waals surface area contributed by atoms with E-state index >= 15 is 0 Å². The molecule has 0 spiro atoms. The highest BCUT2D eigenvalue weighted by Gasteiger charge is 2.66. The van der Waals surface area contributed by atoms with Gasteiger partial charge in [-0.2, -0.15) is 0 Å². The van der Waals surface area contributed by atoms with Crippen LogP contribution in [0.3, 0.4) is 0 Å². The summed E-state index contributed by atoms with van der Waals surface area (Å²) in [5, 5.41) is 0. The van der Waals surface area contributed by atoms with Crippen LogP contribution in [0.5, 0.6) is 0 Å². The van der Waals surface area contributed by atoms with Gasteiger partial charge in [0.2, 0.25) is 0 Å². The summed E-state index contributed by atoms with van der Waals surface area (Å²) in [5.41, 5.74) is -0.826. The van der Waals surface area contributed by atoms with E-state index in [0.29, 0.717) is 108 Å². The van der Waals surface area contributed by atoms with Crippen LogP contribution in [0.2, 0.25) is 0 Å². The predicted octanol–water partition coefficient (Wildman–Crippen LogP) is 16.5. The summed E-state index contributed by atoms with van der Waals surface area (Å²) in [4.78, 5) is 52.4. The van der Waals surface area contributed by atoms with Crippen LogP contribution in [0, 0.1) is 118 Å². The molecule has 8 heterocycles. The third kappa shape index (κ3) is 10.7. The lowest BCUT2D eigenvalue weighted by molar-refractivity contribution is -0.181. The van der Waals surface area contributed by atoms with Crippen LogP contribution >= 0.6 is 0 Å². The average Bonchev–Trinajstić information content (AvgIpc) is 1.56. The second-order valence-electron chi connectivity index (χ2n) is 37.0. The summed E-state index contributed by atoms with van der Waals surface area (Å²) in [6, 6.07) is 0. The minimum Gasteiger partial charge on any atom is -0.458 e. The molecular formula is C84H116O12. The van der Waals surface area contributed by atoms with Crippen molar-refractivity contribution in [3.63, 3.8) is 0 Å². The quantitative estimate of drug-likeness (QED) is 0.0750. The van der Waals surface area contributed by atoms with Crippen molar-refractivity contribution in [3.8, 4) is 0 Å². The molecule has 0 aromatic rings. The molecule has 0 radical (unpaired) electrons. The topological polar surface area (TPSA) is 142 Å². The van der Waals surface area contributed by atoms with Crippen molar-refractivity contribution in [3.05, 3.63) is 48.6 Å². The zero-order chi connectivity index (χ0) is 64.3. The molecule has 0 aromatic heterocycles. The monoisotopic (exact) mass is 1320 g/mol. The van der Waals surface area contributed by atoms with Gasteiger partial charge >= 0.3 is 23.9 Å². The molecule has 22 aliphatic rings. The maximum Gasteiger partial charge on any atom is 0.310 e. The number of fused-ring (bicyclic) bond motifs is 23. The Morgan fingerprint density at radius 3 is 1.12 bits per heavy atom. The minimum atomic E-state index is -0.228. The fourth-order valence-corrected chi connectivity index (χ4v) is 28.3. The smallest absolute Gasteiger partial charge is 0.310 e. The van der Waals surface area contributed by atoms with Crippen LogP contribution in [0.15, 0.2) is 48.6 Å². The van der Waals surface area contributed by atoms with Crippen molar-refractivity contribution < 1.29 is 57.1 Å². The van der Waals surface area contributed by atoms with E-state index in [9.17, 15) is 19.2 Å². The summed E-state index contributed by atoms with van der Waals surface area (Å²) in [5.74, 6) is 10.8. The molecule has 96 heavy (non-hydrogen) atoms. The summed E-state index contributed by atoms with van der Waals surface area (Å²) in [6.07, 6.45) is 66.3. The van der Waals surface area contributed by atoms with Gasteiger partial charge in [0.25, 0.3) is 0 Å². The first-order chi connectivity index (χ1) is 46.8. The van der Waals surface area contributed by atoms with E-state index in [2.05, 4.69) is 55.5 Å². The maximum absolute atomic E-state index is 13.5. The zero-order valence-electron chi connectivity index (χ0n) is 58.2. The summed E-state index contributed by atoms with van der Waals surface area (Å²) < 4.78 is 50.5. The number of ether oxygens (including phenoxy) is 8. The molecule has 22 rings (SSSR count). The summed E-state index contributed by atoms with van der Waals surface area (Å²) in [6.45, 7) is 2.26. The lowest BCUT2D eigenvalue weighted by Gasteiger charge is -2.44. The van der Waals surface area contributed by atoms with Crippen LogP contribution < -0.4 is 0 Å². The Balaban J connectivity index is 0.0000000905. The standard InChI is InChI=1S/C24H32O3.C21H30O3.C20H28O3.C19H26O3/c25-23(18-11-15-10-17(18)22-14-4-3-13(9-14)21(15)22)27-24(7-1-2-8-24)19-12-16-5-6-20(19)26-16;1-2-20-10-7-16(23-20)13-18(20)21(8-3-4-9-21)24-19(22)17-12-14-5-6-15(17)11-14;21-19(16-11-13-4-5-14(16)10-13)23-20(8-2-1-3-9-20)17-12-15-6-7-18(17)22-15;20-18(15-10-12-3-4-13(15)9-12)22-19(7-1-2-8-19)16-11-14-5-6-17(16)21-14/h3-4,13-22H,1-2,5-12H2;5-6,14-18H,2-4,7-13H2,1H3;4-5,13-18H,1-3,6-12H2;3-4,12-17H,1-2,5-11H2. The van der Waals surface area contributed by atoms with E-state index in [1.807, 2.05) is 0 Å². The highest BCUT2D eigenvalue weighted by atomic mass is 16.6. The van der Waals surface area contributed by atoms with E-state index in [-0.39, 0.29) is 75.6 Å². The molecule has 28 atom stereocenters. The van der Waals surface area contributed by atoms with Gasteiger partial charge in [0, 0.05) is 23.7 Å². The minimum absolute atomic E-state index is 0.0100. The van der Waals surface area contributed by atoms with Gasteiger partial charge in [-0.1, -0.05) is 62.0 Å². The van der Waals surface area contributed by atoms with Gasteiger partial charge in [-0.05, 0) is 315 Å². The van der Waals surface area contributed by atoms with E-state index in [1.165, 1.54) is 135 Å². The van der Waals surface area contributed by atoms with E-state index in [0.717, 1.165) is 145 Å². The van der Waals surface area contributed by atoms with Gasteiger partial charge in [-0.3, -0.25) is 19.2 Å². The Kier molecular flexibility index (Phi) is 16.4. The average molecular weight is 1320 g/mol. The van der Waals surface area contributed by atoms with Gasteiger partial charge in [0.15, 0.2) is 0 Å². The molecule has 12 nitrogen and oxygen atoms in total. The molecule has 0 amide bonds. The first-order valence-electron chi connectivity index (χ1n) is 41.1. The van der Waals surface area contributed by atoms with Gasteiger partial charge in [0.1, 0.15) is 22.4 Å². The van der Waals surface area contributed by atoms with Crippen molar-refractivity contribution >= 4 is 23.9 Å². The number of esters is 4. The number of rotatable bonds is 13. The van der Waals surface area contributed by atoms with Crippen LogP contribution in [0.4, 0.5) is 0 Å².